The lowest BCUT2D eigenvalue weighted by atomic mass is 10.1. The summed E-state index contributed by atoms with van der Waals surface area (Å²) in [6.45, 7) is 6.19. The van der Waals surface area contributed by atoms with Crippen molar-refractivity contribution in [1.29, 1.82) is 0 Å². The van der Waals surface area contributed by atoms with Gasteiger partial charge >= 0.3 is 0 Å². The normalized spacial score (nSPS) is 11.9. The first-order valence-corrected chi connectivity index (χ1v) is 8.88. The predicted octanol–water partition coefficient (Wildman–Crippen LogP) is 2.43. The standard InChI is InChI=1S/C19H21FN6O2/c1-4-25(14(3)12-28-18-11-21-13(2)10-22-18)19(27)16-9-15(20)5-6-17(16)26-23-7-8-24-26/h5-11,14H,4,12H2,1-3H3/t14-/m0/s1. The number of ether oxygens (including phenoxy) is 1. The lowest BCUT2D eigenvalue weighted by molar-refractivity contribution is 0.0645. The number of rotatable bonds is 7. The number of aromatic nitrogens is 5. The van der Waals surface area contributed by atoms with E-state index in [1.807, 2.05) is 20.8 Å². The van der Waals surface area contributed by atoms with Crippen LogP contribution in [0.2, 0.25) is 0 Å². The van der Waals surface area contributed by atoms with E-state index in [2.05, 4.69) is 20.2 Å². The van der Waals surface area contributed by atoms with E-state index in [0.29, 0.717) is 18.1 Å². The fourth-order valence-electron chi connectivity index (χ4n) is 2.76. The summed E-state index contributed by atoms with van der Waals surface area (Å²) < 4.78 is 19.5. The Hall–Kier alpha value is -3.36. The Bertz CT molecular complexity index is 930. The van der Waals surface area contributed by atoms with Crippen molar-refractivity contribution < 1.29 is 13.9 Å². The maximum Gasteiger partial charge on any atom is 0.256 e. The molecular formula is C19H21FN6O2. The van der Waals surface area contributed by atoms with E-state index in [-0.39, 0.29) is 24.1 Å². The Morgan fingerprint density at radius 1 is 1.25 bits per heavy atom. The van der Waals surface area contributed by atoms with Crippen molar-refractivity contribution in [3.63, 3.8) is 0 Å². The third-order valence-corrected chi connectivity index (χ3v) is 4.19. The van der Waals surface area contributed by atoms with Crippen LogP contribution in [0.4, 0.5) is 4.39 Å². The van der Waals surface area contributed by atoms with Crippen LogP contribution in [0.25, 0.3) is 5.69 Å². The SMILES string of the molecule is CCN(C(=O)c1cc(F)ccc1-n1nccn1)[C@@H](C)COc1cnc(C)cn1. The summed E-state index contributed by atoms with van der Waals surface area (Å²) in [5.74, 6) is -0.456. The summed E-state index contributed by atoms with van der Waals surface area (Å²) in [4.78, 5) is 24.3. The molecule has 3 aromatic rings. The van der Waals surface area contributed by atoms with Crippen molar-refractivity contribution >= 4 is 5.91 Å². The van der Waals surface area contributed by atoms with Crippen LogP contribution in [0.15, 0.2) is 43.0 Å². The van der Waals surface area contributed by atoms with Gasteiger partial charge in [-0.05, 0) is 39.0 Å². The summed E-state index contributed by atoms with van der Waals surface area (Å²) in [5.41, 5.74) is 1.38. The molecular weight excluding hydrogens is 363 g/mol. The molecule has 1 amide bonds. The molecule has 0 N–H and O–H groups in total. The number of nitrogens with zero attached hydrogens (tertiary/aromatic N) is 6. The monoisotopic (exact) mass is 384 g/mol. The highest BCUT2D eigenvalue weighted by Gasteiger charge is 2.24. The molecule has 9 heteroatoms. The molecule has 3 rings (SSSR count). The molecule has 0 radical (unpaired) electrons. The van der Waals surface area contributed by atoms with Crippen molar-refractivity contribution in [3.05, 3.63) is 60.1 Å². The molecule has 0 aliphatic rings. The number of benzene rings is 1. The highest BCUT2D eigenvalue weighted by atomic mass is 19.1. The van der Waals surface area contributed by atoms with Crippen molar-refractivity contribution in [2.45, 2.75) is 26.8 Å². The van der Waals surface area contributed by atoms with Gasteiger partial charge in [0.2, 0.25) is 5.88 Å². The number of carbonyl (C=O) groups excluding carboxylic acids is 1. The van der Waals surface area contributed by atoms with E-state index >= 15 is 0 Å². The molecule has 2 aromatic heterocycles. The second kappa shape index (κ2) is 8.55. The molecule has 0 saturated carbocycles. The second-order valence-electron chi connectivity index (χ2n) is 6.23. The maximum atomic E-state index is 13.9. The van der Waals surface area contributed by atoms with Gasteiger partial charge in [0.05, 0.1) is 47.8 Å². The van der Waals surface area contributed by atoms with Gasteiger partial charge in [-0.3, -0.25) is 9.78 Å². The minimum Gasteiger partial charge on any atom is -0.474 e. The Labute approximate surface area is 162 Å². The van der Waals surface area contributed by atoms with Crippen LogP contribution in [0.5, 0.6) is 5.88 Å². The number of hydrogen-bond donors (Lipinski definition) is 0. The van der Waals surface area contributed by atoms with Crippen molar-refractivity contribution in [1.82, 2.24) is 29.9 Å². The molecule has 0 aliphatic heterocycles. The quantitative estimate of drug-likeness (QED) is 0.622. The van der Waals surface area contributed by atoms with Crippen molar-refractivity contribution in [3.8, 4) is 11.6 Å². The summed E-state index contributed by atoms with van der Waals surface area (Å²) in [5, 5.41) is 8.09. The largest absolute Gasteiger partial charge is 0.474 e. The lowest BCUT2D eigenvalue weighted by Gasteiger charge is -2.28. The molecule has 2 heterocycles. The number of carbonyl (C=O) groups is 1. The lowest BCUT2D eigenvalue weighted by Crippen LogP contribution is -2.42. The Balaban J connectivity index is 1.79. The minimum atomic E-state index is -0.505. The van der Waals surface area contributed by atoms with Crippen LogP contribution < -0.4 is 4.74 Å². The van der Waals surface area contributed by atoms with Crippen molar-refractivity contribution in [2.24, 2.45) is 0 Å². The van der Waals surface area contributed by atoms with Crippen LogP contribution in [0.1, 0.15) is 29.9 Å². The number of likely N-dealkylation sites (N-methyl/N-ethyl adjacent to an activating group) is 1. The van der Waals surface area contributed by atoms with Crippen molar-refractivity contribution in [2.75, 3.05) is 13.2 Å². The molecule has 0 fully saturated rings. The molecule has 0 bridgehead atoms. The van der Waals surface area contributed by atoms with Crippen LogP contribution in [-0.2, 0) is 0 Å². The first-order valence-electron chi connectivity index (χ1n) is 8.88. The van der Waals surface area contributed by atoms with Crippen LogP contribution >= 0.6 is 0 Å². The molecule has 1 atom stereocenters. The van der Waals surface area contributed by atoms with E-state index in [1.165, 1.54) is 41.6 Å². The summed E-state index contributed by atoms with van der Waals surface area (Å²) in [6.07, 6.45) is 6.13. The average molecular weight is 384 g/mol. The average Bonchev–Trinajstić information content (AvgIpc) is 3.22. The number of amides is 1. The fraction of sp³-hybridized carbons (Fsp3) is 0.316. The predicted molar refractivity (Wildman–Crippen MR) is 99.8 cm³/mol. The van der Waals surface area contributed by atoms with Gasteiger partial charge in [0, 0.05) is 6.54 Å². The first kappa shape index (κ1) is 19.4. The molecule has 146 valence electrons. The minimum absolute atomic E-state index is 0.181. The summed E-state index contributed by atoms with van der Waals surface area (Å²) in [7, 11) is 0. The van der Waals surface area contributed by atoms with Crippen LogP contribution in [-0.4, -0.2) is 55.0 Å². The molecule has 0 aliphatic carbocycles. The van der Waals surface area contributed by atoms with Crippen LogP contribution in [0.3, 0.4) is 0 Å². The third kappa shape index (κ3) is 4.30. The fourth-order valence-corrected chi connectivity index (χ4v) is 2.76. The van der Waals surface area contributed by atoms with Gasteiger partial charge in [0.1, 0.15) is 12.4 Å². The highest BCUT2D eigenvalue weighted by molar-refractivity contribution is 5.97. The first-order chi connectivity index (χ1) is 13.5. The smallest absolute Gasteiger partial charge is 0.256 e. The molecule has 0 unspecified atom stereocenters. The van der Waals surface area contributed by atoms with Gasteiger partial charge in [-0.15, -0.1) is 0 Å². The van der Waals surface area contributed by atoms with Gasteiger partial charge in [-0.1, -0.05) is 0 Å². The molecule has 0 spiro atoms. The van der Waals surface area contributed by atoms with E-state index in [1.54, 1.807) is 11.1 Å². The third-order valence-electron chi connectivity index (χ3n) is 4.19. The van der Waals surface area contributed by atoms with E-state index < -0.39 is 5.82 Å². The van der Waals surface area contributed by atoms with Gasteiger partial charge in [0.25, 0.3) is 5.91 Å². The molecule has 8 nitrogen and oxygen atoms in total. The molecule has 1 aromatic carbocycles. The number of hydrogen-bond acceptors (Lipinski definition) is 6. The van der Waals surface area contributed by atoms with Gasteiger partial charge < -0.3 is 9.64 Å². The Morgan fingerprint density at radius 2 is 2.00 bits per heavy atom. The Morgan fingerprint density at radius 3 is 2.64 bits per heavy atom. The van der Waals surface area contributed by atoms with E-state index in [4.69, 9.17) is 4.74 Å². The number of halogens is 1. The zero-order valence-electron chi connectivity index (χ0n) is 15.9. The van der Waals surface area contributed by atoms with E-state index in [0.717, 1.165) is 5.69 Å². The van der Waals surface area contributed by atoms with Crippen LogP contribution in [0, 0.1) is 12.7 Å². The molecule has 28 heavy (non-hydrogen) atoms. The molecule has 0 saturated heterocycles. The topological polar surface area (TPSA) is 86.0 Å². The van der Waals surface area contributed by atoms with Gasteiger partial charge in [-0.25, -0.2) is 9.37 Å². The zero-order chi connectivity index (χ0) is 20.1. The summed E-state index contributed by atoms with van der Waals surface area (Å²) in [6, 6.07) is 3.68. The number of aryl methyl sites for hydroxylation is 1. The second-order valence-corrected chi connectivity index (χ2v) is 6.23. The highest BCUT2D eigenvalue weighted by Crippen LogP contribution is 2.19. The van der Waals surface area contributed by atoms with E-state index in [9.17, 15) is 9.18 Å². The summed E-state index contributed by atoms with van der Waals surface area (Å²) >= 11 is 0. The Kier molecular flexibility index (Phi) is 5.93. The van der Waals surface area contributed by atoms with Gasteiger partial charge in [-0.2, -0.15) is 15.0 Å². The maximum absolute atomic E-state index is 13.9. The zero-order valence-corrected chi connectivity index (χ0v) is 15.9. The van der Waals surface area contributed by atoms with Gasteiger partial charge in [0.15, 0.2) is 0 Å².